The molecule has 0 aliphatic rings. The summed E-state index contributed by atoms with van der Waals surface area (Å²) in [6.45, 7) is 7.21. The van der Waals surface area contributed by atoms with Crippen molar-refractivity contribution in [2.24, 2.45) is 5.10 Å². The summed E-state index contributed by atoms with van der Waals surface area (Å²) in [4.78, 5) is 12.3. The van der Waals surface area contributed by atoms with Crippen molar-refractivity contribution in [3.8, 4) is 17.2 Å². The fraction of sp³-hybridized carbons (Fsp3) is 0.231. The third kappa shape index (κ3) is 6.99. The van der Waals surface area contributed by atoms with E-state index in [-0.39, 0.29) is 5.91 Å². The van der Waals surface area contributed by atoms with Crippen LogP contribution in [0.1, 0.15) is 40.9 Å². The maximum Gasteiger partial charge on any atom is 0.271 e. The second kappa shape index (κ2) is 11.9. The van der Waals surface area contributed by atoms with E-state index in [1.54, 1.807) is 36.4 Å². The number of ether oxygens (including phenoxy) is 3. The summed E-state index contributed by atoms with van der Waals surface area (Å²) >= 11 is 6.47. The third-order valence-corrected chi connectivity index (χ3v) is 4.92. The molecule has 6 nitrogen and oxygen atoms in total. The topological polar surface area (TPSA) is 69.2 Å². The molecule has 3 aromatic rings. The number of carbonyl (C=O) groups is 1. The molecule has 1 N–H and O–H groups in total. The van der Waals surface area contributed by atoms with Crippen molar-refractivity contribution < 1.29 is 19.0 Å². The van der Waals surface area contributed by atoms with Crippen LogP contribution in [0.3, 0.4) is 0 Å². The van der Waals surface area contributed by atoms with Gasteiger partial charge in [-0.15, -0.1) is 0 Å². The van der Waals surface area contributed by atoms with Gasteiger partial charge in [0.05, 0.1) is 24.5 Å². The molecule has 0 fully saturated rings. The van der Waals surface area contributed by atoms with Gasteiger partial charge in [0, 0.05) is 5.56 Å². The van der Waals surface area contributed by atoms with Gasteiger partial charge in [0.2, 0.25) is 0 Å². The molecule has 0 radical (unpaired) electrons. The lowest BCUT2D eigenvalue weighted by molar-refractivity contribution is 0.0955. The second-order valence-electron chi connectivity index (χ2n) is 7.19. The average Bonchev–Trinajstić information content (AvgIpc) is 2.80. The molecule has 33 heavy (non-hydrogen) atoms. The Labute approximate surface area is 199 Å². The van der Waals surface area contributed by atoms with E-state index in [0.29, 0.717) is 53.2 Å². The fourth-order valence-corrected chi connectivity index (χ4v) is 3.28. The zero-order valence-corrected chi connectivity index (χ0v) is 19.7. The minimum absolute atomic E-state index is 0.330. The normalized spacial score (nSPS) is 10.8. The van der Waals surface area contributed by atoms with E-state index in [4.69, 9.17) is 25.8 Å². The van der Waals surface area contributed by atoms with Gasteiger partial charge in [-0.1, -0.05) is 41.4 Å². The molecule has 0 heterocycles. The Morgan fingerprint density at radius 3 is 2.33 bits per heavy atom. The largest absolute Gasteiger partial charge is 0.494 e. The van der Waals surface area contributed by atoms with Crippen molar-refractivity contribution in [3.05, 3.63) is 87.9 Å². The molecule has 0 aliphatic heterocycles. The lowest BCUT2D eigenvalue weighted by Gasteiger charge is -2.14. The molecule has 0 spiro atoms. The van der Waals surface area contributed by atoms with Gasteiger partial charge in [0.15, 0.2) is 11.5 Å². The van der Waals surface area contributed by atoms with Gasteiger partial charge in [0.1, 0.15) is 12.4 Å². The van der Waals surface area contributed by atoms with Crippen LogP contribution in [0.4, 0.5) is 0 Å². The third-order valence-electron chi connectivity index (χ3n) is 4.64. The number of nitrogens with one attached hydrogen (secondary N) is 1. The van der Waals surface area contributed by atoms with Crippen molar-refractivity contribution in [1.29, 1.82) is 0 Å². The van der Waals surface area contributed by atoms with Crippen LogP contribution in [-0.2, 0) is 6.61 Å². The fourth-order valence-electron chi connectivity index (χ4n) is 3.00. The summed E-state index contributed by atoms with van der Waals surface area (Å²) in [5.74, 6) is 1.36. The first kappa shape index (κ1) is 24.1. The number of halogens is 1. The van der Waals surface area contributed by atoms with E-state index in [1.807, 2.05) is 45.0 Å². The van der Waals surface area contributed by atoms with Crippen LogP contribution >= 0.6 is 11.6 Å². The molecule has 3 aromatic carbocycles. The molecule has 0 saturated heterocycles. The highest BCUT2D eigenvalue weighted by Crippen LogP contribution is 2.37. The molecule has 0 aliphatic carbocycles. The first-order valence-corrected chi connectivity index (χ1v) is 11.1. The summed E-state index contributed by atoms with van der Waals surface area (Å²) < 4.78 is 17.1. The van der Waals surface area contributed by atoms with Gasteiger partial charge in [-0.05, 0) is 68.3 Å². The van der Waals surface area contributed by atoms with E-state index < -0.39 is 0 Å². The first-order chi connectivity index (χ1) is 16.0. The number of hydrazone groups is 1. The molecule has 0 unspecified atom stereocenters. The molecule has 7 heteroatoms. The Bertz CT molecular complexity index is 1100. The molecule has 0 aromatic heterocycles. The smallest absolute Gasteiger partial charge is 0.271 e. The summed E-state index contributed by atoms with van der Waals surface area (Å²) in [5, 5.41) is 4.44. The summed E-state index contributed by atoms with van der Waals surface area (Å²) in [6, 6.07) is 18.4. The average molecular weight is 467 g/mol. The number of rotatable bonds is 10. The molecular weight excluding hydrogens is 440 g/mol. The minimum atomic E-state index is -0.330. The lowest BCUT2D eigenvalue weighted by atomic mass is 10.1. The van der Waals surface area contributed by atoms with Crippen molar-refractivity contribution in [1.82, 2.24) is 5.43 Å². The molecule has 1 amide bonds. The SMILES string of the molecule is CCOc1ccc(C(=O)N/N=C/c2cc(Cl)c(OCc3ccc(C)cc3)c(OCC)c2)cc1. The predicted octanol–water partition coefficient (Wildman–Crippen LogP) is 5.79. The van der Waals surface area contributed by atoms with Crippen LogP contribution in [0.15, 0.2) is 65.8 Å². The molecule has 172 valence electrons. The molecule has 0 atom stereocenters. The number of carbonyl (C=O) groups excluding carboxylic acids is 1. The maximum absolute atomic E-state index is 12.3. The van der Waals surface area contributed by atoms with Gasteiger partial charge in [-0.2, -0.15) is 5.10 Å². The Kier molecular flexibility index (Phi) is 8.72. The maximum atomic E-state index is 12.3. The quantitative estimate of drug-likeness (QED) is 0.303. The summed E-state index contributed by atoms with van der Waals surface area (Å²) in [5.41, 5.74) is 5.87. The zero-order valence-electron chi connectivity index (χ0n) is 18.9. The minimum Gasteiger partial charge on any atom is -0.494 e. The van der Waals surface area contributed by atoms with Gasteiger partial charge in [-0.25, -0.2) is 5.43 Å². The highest BCUT2D eigenvalue weighted by Gasteiger charge is 2.13. The highest BCUT2D eigenvalue weighted by molar-refractivity contribution is 6.32. The number of amides is 1. The molecule has 3 rings (SSSR count). The number of hydrogen-bond acceptors (Lipinski definition) is 5. The van der Waals surface area contributed by atoms with Gasteiger partial charge >= 0.3 is 0 Å². The van der Waals surface area contributed by atoms with Gasteiger partial charge in [0.25, 0.3) is 5.91 Å². The van der Waals surface area contributed by atoms with Gasteiger partial charge < -0.3 is 14.2 Å². The molecular formula is C26H27ClN2O4. The molecule has 0 saturated carbocycles. The van der Waals surface area contributed by atoms with E-state index in [2.05, 4.69) is 10.5 Å². The number of benzene rings is 3. The van der Waals surface area contributed by atoms with Crippen molar-refractivity contribution >= 4 is 23.7 Å². The van der Waals surface area contributed by atoms with Crippen LogP contribution in [0, 0.1) is 6.92 Å². The Morgan fingerprint density at radius 1 is 0.970 bits per heavy atom. The zero-order chi connectivity index (χ0) is 23.6. The van der Waals surface area contributed by atoms with Crippen molar-refractivity contribution in [2.75, 3.05) is 13.2 Å². The van der Waals surface area contributed by atoms with Crippen molar-refractivity contribution in [2.45, 2.75) is 27.4 Å². The predicted molar refractivity (Wildman–Crippen MR) is 131 cm³/mol. The van der Waals surface area contributed by atoms with Crippen LogP contribution in [0.25, 0.3) is 0 Å². The first-order valence-electron chi connectivity index (χ1n) is 10.7. The Morgan fingerprint density at radius 2 is 1.67 bits per heavy atom. The number of hydrogen-bond donors (Lipinski definition) is 1. The highest BCUT2D eigenvalue weighted by atomic mass is 35.5. The van der Waals surface area contributed by atoms with E-state index in [9.17, 15) is 4.79 Å². The van der Waals surface area contributed by atoms with Crippen LogP contribution in [0.2, 0.25) is 5.02 Å². The van der Waals surface area contributed by atoms with E-state index in [1.165, 1.54) is 11.8 Å². The summed E-state index contributed by atoms with van der Waals surface area (Å²) in [6.07, 6.45) is 1.50. The van der Waals surface area contributed by atoms with Gasteiger partial charge in [-0.3, -0.25) is 4.79 Å². The number of nitrogens with zero attached hydrogens (tertiary/aromatic N) is 1. The Hall–Kier alpha value is -3.51. The second-order valence-corrected chi connectivity index (χ2v) is 7.60. The van der Waals surface area contributed by atoms with Crippen LogP contribution in [-0.4, -0.2) is 25.3 Å². The Balaban J connectivity index is 1.67. The van der Waals surface area contributed by atoms with Crippen molar-refractivity contribution in [3.63, 3.8) is 0 Å². The molecule has 0 bridgehead atoms. The monoisotopic (exact) mass is 466 g/mol. The lowest BCUT2D eigenvalue weighted by Crippen LogP contribution is -2.17. The van der Waals surface area contributed by atoms with E-state index >= 15 is 0 Å². The van der Waals surface area contributed by atoms with Crippen LogP contribution in [0.5, 0.6) is 17.2 Å². The number of aryl methyl sites for hydroxylation is 1. The van der Waals surface area contributed by atoms with E-state index in [0.717, 1.165) is 5.56 Å². The standard InChI is InChI=1S/C26H27ClN2O4/c1-4-31-22-12-10-21(11-13-22)26(30)29-28-16-20-14-23(27)25(24(15-20)32-5-2)33-17-19-8-6-18(3)7-9-19/h6-16H,4-5,17H2,1-3H3,(H,29,30)/b28-16+. The van der Waals surface area contributed by atoms with Crippen LogP contribution < -0.4 is 19.6 Å². The summed E-state index contributed by atoms with van der Waals surface area (Å²) in [7, 11) is 0.